The molecule has 0 saturated heterocycles. The van der Waals surface area contributed by atoms with E-state index >= 15 is 0 Å². The summed E-state index contributed by atoms with van der Waals surface area (Å²) in [6.45, 7) is 1.47. The summed E-state index contributed by atoms with van der Waals surface area (Å²) in [6.07, 6.45) is 0. The van der Waals surface area contributed by atoms with Crippen LogP contribution in [-0.4, -0.2) is 45.2 Å². The molecule has 0 radical (unpaired) electrons. The van der Waals surface area contributed by atoms with E-state index in [-0.39, 0.29) is 5.97 Å². The van der Waals surface area contributed by atoms with Gasteiger partial charge in [-0.1, -0.05) is 29.3 Å². The second-order valence-corrected chi connectivity index (χ2v) is 5.20. The summed E-state index contributed by atoms with van der Waals surface area (Å²) in [5, 5.41) is 4.03. The zero-order valence-electron chi connectivity index (χ0n) is 11.2. The number of methoxy groups -OCH3 is 1. The van der Waals surface area contributed by atoms with Crippen LogP contribution < -0.4 is 5.32 Å². The lowest BCUT2D eigenvalue weighted by molar-refractivity contribution is -0.143. The van der Waals surface area contributed by atoms with Crippen LogP contribution in [0.25, 0.3) is 0 Å². The first kappa shape index (κ1) is 16.2. The average Bonchev–Trinajstić information content (AvgIpc) is 2.37. The average molecular weight is 305 g/mol. The van der Waals surface area contributed by atoms with Crippen LogP contribution in [-0.2, 0) is 9.53 Å². The van der Waals surface area contributed by atoms with Crippen molar-refractivity contribution in [3.05, 3.63) is 33.8 Å². The van der Waals surface area contributed by atoms with Crippen molar-refractivity contribution in [3.8, 4) is 0 Å². The maximum Gasteiger partial charge on any atom is 0.327 e. The zero-order valence-corrected chi connectivity index (χ0v) is 12.8. The lowest BCUT2D eigenvalue weighted by Crippen LogP contribution is -2.34. The van der Waals surface area contributed by atoms with Gasteiger partial charge in [0.15, 0.2) is 0 Å². The Morgan fingerprint density at radius 2 is 2.05 bits per heavy atom. The standard InChI is InChI=1S/C13H18Cl2N2O2/c1-17(2)7-6-16-12(13(18)19-3)9-4-5-10(14)11(15)8-9/h4-5,8,12,16H,6-7H2,1-3H3/t12-/m1/s1. The number of ether oxygens (including phenoxy) is 1. The third-order valence-electron chi connectivity index (χ3n) is 2.62. The summed E-state index contributed by atoms with van der Waals surface area (Å²) < 4.78 is 4.80. The molecule has 1 aromatic carbocycles. The maximum absolute atomic E-state index is 11.8. The van der Waals surface area contributed by atoms with Gasteiger partial charge in [-0.05, 0) is 31.8 Å². The number of nitrogens with zero attached hydrogens (tertiary/aromatic N) is 1. The number of carbonyl (C=O) groups is 1. The van der Waals surface area contributed by atoms with Crippen LogP contribution in [0.1, 0.15) is 11.6 Å². The Balaban J connectivity index is 2.83. The molecule has 0 aromatic heterocycles. The molecular formula is C13H18Cl2N2O2. The van der Waals surface area contributed by atoms with Crippen LogP contribution in [0.15, 0.2) is 18.2 Å². The highest BCUT2D eigenvalue weighted by Crippen LogP contribution is 2.26. The van der Waals surface area contributed by atoms with E-state index in [1.54, 1.807) is 18.2 Å². The van der Waals surface area contributed by atoms with Crippen LogP contribution in [0.5, 0.6) is 0 Å². The van der Waals surface area contributed by atoms with Gasteiger partial charge in [0.05, 0.1) is 17.2 Å². The fourth-order valence-corrected chi connectivity index (χ4v) is 1.89. The van der Waals surface area contributed by atoms with Crippen LogP contribution >= 0.6 is 23.2 Å². The number of nitrogens with one attached hydrogen (secondary N) is 1. The summed E-state index contributed by atoms with van der Waals surface area (Å²) in [4.78, 5) is 13.8. The van der Waals surface area contributed by atoms with Gasteiger partial charge in [0.25, 0.3) is 0 Å². The van der Waals surface area contributed by atoms with E-state index in [0.717, 1.165) is 12.1 Å². The van der Waals surface area contributed by atoms with Gasteiger partial charge in [-0.15, -0.1) is 0 Å². The first-order valence-corrected chi connectivity index (χ1v) is 6.62. The molecule has 0 unspecified atom stereocenters. The highest BCUT2D eigenvalue weighted by atomic mass is 35.5. The van der Waals surface area contributed by atoms with Crippen molar-refractivity contribution in [2.24, 2.45) is 0 Å². The van der Waals surface area contributed by atoms with Crippen molar-refractivity contribution in [1.82, 2.24) is 10.2 Å². The molecule has 1 N–H and O–H groups in total. The molecule has 0 spiro atoms. The van der Waals surface area contributed by atoms with Crippen LogP contribution in [0.3, 0.4) is 0 Å². The minimum absolute atomic E-state index is 0.350. The third-order valence-corrected chi connectivity index (χ3v) is 3.36. The summed E-state index contributed by atoms with van der Waals surface area (Å²) in [5.74, 6) is -0.350. The molecule has 0 heterocycles. The van der Waals surface area contributed by atoms with Crippen molar-refractivity contribution < 1.29 is 9.53 Å². The molecule has 0 saturated carbocycles. The molecule has 0 bridgehead atoms. The molecule has 106 valence electrons. The Hall–Kier alpha value is -0.810. The second-order valence-electron chi connectivity index (χ2n) is 4.39. The van der Waals surface area contributed by atoms with Gasteiger partial charge in [-0.3, -0.25) is 5.32 Å². The largest absolute Gasteiger partial charge is 0.468 e. The number of esters is 1. The van der Waals surface area contributed by atoms with E-state index < -0.39 is 6.04 Å². The fourth-order valence-electron chi connectivity index (χ4n) is 1.58. The van der Waals surface area contributed by atoms with Gasteiger partial charge in [-0.25, -0.2) is 4.79 Å². The summed E-state index contributed by atoms with van der Waals surface area (Å²) in [7, 11) is 5.29. The Kier molecular flexibility index (Phi) is 6.58. The Morgan fingerprint density at radius 1 is 1.37 bits per heavy atom. The van der Waals surface area contributed by atoms with Gasteiger partial charge in [0, 0.05) is 13.1 Å². The monoisotopic (exact) mass is 304 g/mol. The van der Waals surface area contributed by atoms with Crippen molar-refractivity contribution in [3.63, 3.8) is 0 Å². The lowest BCUT2D eigenvalue weighted by Gasteiger charge is -2.18. The van der Waals surface area contributed by atoms with E-state index in [9.17, 15) is 4.79 Å². The SMILES string of the molecule is COC(=O)[C@H](NCCN(C)C)c1ccc(Cl)c(Cl)c1. The normalized spacial score (nSPS) is 12.5. The topological polar surface area (TPSA) is 41.6 Å². The van der Waals surface area contributed by atoms with Gasteiger partial charge in [-0.2, -0.15) is 0 Å². The van der Waals surface area contributed by atoms with E-state index in [1.807, 2.05) is 19.0 Å². The zero-order chi connectivity index (χ0) is 14.4. The van der Waals surface area contributed by atoms with E-state index in [4.69, 9.17) is 27.9 Å². The molecule has 1 rings (SSSR count). The van der Waals surface area contributed by atoms with Gasteiger partial charge >= 0.3 is 5.97 Å². The number of carbonyl (C=O) groups excluding carboxylic acids is 1. The quantitative estimate of drug-likeness (QED) is 0.819. The number of hydrogen-bond acceptors (Lipinski definition) is 4. The summed E-state index contributed by atoms with van der Waals surface area (Å²) in [5.41, 5.74) is 0.736. The molecule has 1 atom stereocenters. The lowest BCUT2D eigenvalue weighted by atomic mass is 10.1. The van der Waals surface area contributed by atoms with Gasteiger partial charge in [0.2, 0.25) is 0 Å². The van der Waals surface area contributed by atoms with Crippen molar-refractivity contribution in [2.45, 2.75) is 6.04 Å². The minimum atomic E-state index is -0.542. The van der Waals surface area contributed by atoms with Crippen molar-refractivity contribution >= 4 is 29.2 Å². The smallest absolute Gasteiger partial charge is 0.327 e. The van der Waals surface area contributed by atoms with Crippen LogP contribution in [0.2, 0.25) is 10.0 Å². The van der Waals surface area contributed by atoms with Crippen molar-refractivity contribution in [2.75, 3.05) is 34.3 Å². The summed E-state index contributed by atoms with van der Waals surface area (Å²) >= 11 is 11.8. The first-order chi connectivity index (χ1) is 8.95. The Labute approximate surface area is 123 Å². The summed E-state index contributed by atoms with van der Waals surface area (Å²) in [6, 6.07) is 4.56. The van der Waals surface area contributed by atoms with Gasteiger partial charge in [0.1, 0.15) is 6.04 Å². The highest BCUT2D eigenvalue weighted by Gasteiger charge is 2.21. The molecule has 0 fully saturated rings. The van der Waals surface area contributed by atoms with Crippen LogP contribution in [0.4, 0.5) is 0 Å². The Morgan fingerprint density at radius 3 is 2.58 bits per heavy atom. The van der Waals surface area contributed by atoms with E-state index in [0.29, 0.717) is 16.6 Å². The van der Waals surface area contributed by atoms with Crippen molar-refractivity contribution in [1.29, 1.82) is 0 Å². The molecular weight excluding hydrogens is 287 g/mol. The fraction of sp³-hybridized carbons (Fsp3) is 0.462. The second kappa shape index (κ2) is 7.70. The first-order valence-electron chi connectivity index (χ1n) is 5.86. The van der Waals surface area contributed by atoms with Gasteiger partial charge < -0.3 is 9.64 Å². The number of likely N-dealkylation sites (N-methyl/N-ethyl adjacent to an activating group) is 1. The maximum atomic E-state index is 11.8. The number of benzene rings is 1. The predicted octanol–water partition coefficient (Wildman–Crippen LogP) is 2.36. The molecule has 0 aliphatic carbocycles. The minimum Gasteiger partial charge on any atom is -0.468 e. The van der Waals surface area contributed by atoms with E-state index in [1.165, 1.54) is 7.11 Å². The molecule has 0 aliphatic heterocycles. The molecule has 1 aromatic rings. The van der Waals surface area contributed by atoms with E-state index in [2.05, 4.69) is 5.32 Å². The Bertz CT molecular complexity index is 439. The van der Waals surface area contributed by atoms with Crippen LogP contribution in [0, 0.1) is 0 Å². The molecule has 0 amide bonds. The molecule has 19 heavy (non-hydrogen) atoms. The predicted molar refractivity (Wildman–Crippen MR) is 77.8 cm³/mol. The number of halogens is 2. The molecule has 0 aliphatic rings. The number of rotatable bonds is 6. The molecule has 6 heteroatoms. The number of hydrogen-bond donors (Lipinski definition) is 1. The highest BCUT2D eigenvalue weighted by molar-refractivity contribution is 6.42. The third kappa shape index (κ3) is 4.99. The molecule has 4 nitrogen and oxygen atoms in total.